The number of rotatable bonds is 4. The van der Waals surface area contributed by atoms with Crippen LogP contribution in [0.15, 0.2) is 59.7 Å². The van der Waals surface area contributed by atoms with Gasteiger partial charge in [0, 0.05) is 11.3 Å². The van der Waals surface area contributed by atoms with E-state index in [2.05, 4.69) is 15.5 Å². The van der Waals surface area contributed by atoms with E-state index in [1.165, 1.54) is 10.8 Å². The zero-order chi connectivity index (χ0) is 20.5. The molecule has 0 spiro atoms. The average Bonchev–Trinajstić information content (AvgIpc) is 3.13. The lowest BCUT2D eigenvalue weighted by Gasteiger charge is -2.08. The molecule has 1 N–H and O–H groups in total. The van der Waals surface area contributed by atoms with Gasteiger partial charge in [0.05, 0.1) is 5.69 Å². The van der Waals surface area contributed by atoms with Crippen LogP contribution in [0.1, 0.15) is 16.7 Å². The summed E-state index contributed by atoms with van der Waals surface area (Å²) in [5, 5.41) is 11.4. The topological polar surface area (TPSA) is 81.3 Å². The molecule has 0 unspecified atom stereocenters. The van der Waals surface area contributed by atoms with E-state index < -0.39 is 0 Å². The molecule has 7 nitrogen and oxygen atoms in total. The third-order valence-electron chi connectivity index (χ3n) is 4.87. The van der Waals surface area contributed by atoms with E-state index in [0.717, 1.165) is 26.9 Å². The highest BCUT2D eigenvalue weighted by atomic mass is 16.2. The first-order valence-corrected chi connectivity index (χ1v) is 9.31. The normalized spacial score (nSPS) is 11.0. The summed E-state index contributed by atoms with van der Waals surface area (Å²) in [4.78, 5) is 25.2. The van der Waals surface area contributed by atoms with Gasteiger partial charge in [0.1, 0.15) is 18.4 Å². The lowest BCUT2D eigenvalue weighted by atomic mass is 10.0. The fourth-order valence-electron chi connectivity index (χ4n) is 3.23. The van der Waals surface area contributed by atoms with Crippen LogP contribution in [-0.2, 0) is 11.3 Å². The summed E-state index contributed by atoms with van der Waals surface area (Å²) >= 11 is 0. The minimum Gasteiger partial charge on any atom is -0.324 e. The van der Waals surface area contributed by atoms with Crippen molar-refractivity contribution in [3.8, 4) is 11.3 Å². The monoisotopic (exact) mass is 387 g/mol. The van der Waals surface area contributed by atoms with Gasteiger partial charge in [0.25, 0.3) is 5.56 Å². The molecule has 1 amide bonds. The highest BCUT2D eigenvalue weighted by Gasteiger charge is 2.14. The van der Waals surface area contributed by atoms with Crippen LogP contribution in [0.5, 0.6) is 0 Å². The molecule has 0 atom stereocenters. The summed E-state index contributed by atoms with van der Waals surface area (Å²) in [5.74, 6) is -0.312. The van der Waals surface area contributed by atoms with E-state index in [1.807, 2.05) is 63.2 Å². The largest absolute Gasteiger partial charge is 0.324 e. The van der Waals surface area contributed by atoms with Crippen LogP contribution in [0.25, 0.3) is 16.8 Å². The van der Waals surface area contributed by atoms with E-state index in [9.17, 15) is 9.59 Å². The molecule has 0 saturated heterocycles. The zero-order valence-electron chi connectivity index (χ0n) is 16.5. The molecule has 7 heteroatoms. The molecule has 2 heterocycles. The fourth-order valence-corrected chi connectivity index (χ4v) is 3.23. The molecule has 0 bridgehead atoms. The van der Waals surface area contributed by atoms with Crippen LogP contribution in [0, 0.1) is 20.8 Å². The molecule has 0 saturated carbocycles. The predicted molar refractivity (Wildman–Crippen MR) is 112 cm³/mol. The van der Waals surface area contributed by atoms with E-state index in [0.29, 0.717) is 16.9 Å². The second-order valence-electron chi connectivity index (χ2n) is 7.13. The van der Waals surface area contributed by atoms with Crippen LogP contribution >= 0.6 is 0 Å². The molecular weight excluding hydrogens is 366 g/mol. The van der Waals surface area contributed by atoms with Gasteiger partial charge < -0.3 is 5.32 Å². The predicted octanol–water partition coefficient (Wildman–Crippen LogP) is 3.12. The molecule has 0 radical (unpaired) electrons. The third kappa shape index (κ3) is 3.67. The van der Waals surface area contributed by atoms with Crippen molar-refractivity contribution in [2.24, 2.45) is 0 Å². The highest BCUT2D eigenvalue weighted by molar-refractivity contribution is 5.91. The third-order valence-corrected chi connectivity index (χ3v) is 4.87. The number of amides is 1. The number of benzene rings is 2. The van der Waals surface area contributed by atoms with Gasteiger partial charge in [0.2, 0.25) is 5.91 Å². The summed E-state index contributed by atoms with van der Waals surface area (Å²) in [6.45, 7) is 5.76. The van der Waals surface area contributed by atoms with E-state index in [1.54, 1.807) is 6.07 Å². The average molecular weight is 387 g/mol. The Labute approximate surface area is 167 Å². The number of fused-ring (bicyclic) bond motifs is 1. The van der Waals surface area contributed by atoms with Gasteiger partial charge in [-0.3, -0.25) is 9.59 Å². The van der Waals surface area contributed by atoms with Crippen molar-refractivity contribution in [1.29, 1.82) is 0 Å². The molecule has 0 fully saturated rings. The number of aryl methyl sites for hydroxylation is 3. The van der Waals surface area contributed by atoms with Crippen LogP contribution in [0.2, 0.25) is 0 Å². The molecule has 0 aliphatic rings. The molecule has 2 aromatic carbocycles. The number of nitrogens with zero attached hydrogens (tertiary/aromatic N) is 4. The Hall–Kier alpha value is -3.74. The Kier molecular flexibility index (Phi) is 4.72. The molecule has 4 aromatic rings. The summed E-state index contributed by atoms with van der Waals surface area (Å²) < 4.78 is 2.60. The Morgan fingerprint density at radius 3 is 2.62 bits per heavy atom. The Bertz CT molecular complexity index is 1290. The molecule has 146 valence electrons. The maximum Gasteiger partial charge on any atom is 0.293 e. The number of carbonyl (C=O) groups excluding carboxylic acids is 1. The lowest BCUT2D eigenvalue weighted by molar-refractivity contribution is -0.117. The van der Waals surface area contributed by atoms with Gasteiger partial charge in [-0.1, -0.05) is 35.9 Å². The molecule has 0 aliphatic carbocycles. The first-order valence-electron chi connectivity index (χ1n) is 9.31. The molecule has 29 heavy (non-hydrogen) atoms. The van der Waals surface area contributed by atoms with Gasteiger partial charge in [-0.2, -0.15) is 10.2 Å². The first kappa shape index (κ1) is 18.6. The summed E-state index contributed by atoms with van der Waals surface area (Å²) in [5.41, 5.74) is 5.54. The second-order valence-corrected chi connectivity index (χ2v) is 7.13. The number of aromatic nitrogens is 4. The van der Waals surface area contributed by atoms with Crippen molar-refractivity contribution >= 4 is 17.1 Å². The van der Waals surface area contributed by atoms with Gasteiger partial charge in [0.15, 0.2) is 0 Å². The van der Waals surface area contributed by atoms with E-state index in [-0.39, 0.29) is 18.0 Å². The van der Waals surface area contributed by atoms with Crippen molar-refractivity contribution in [3.63, 3.8) is 0 Å². The molecule has 2 aromatic heterocycles. The summed E-state index contributed by atoms with van der Waals surface area (Å²) in [7, 11) is 0. The quantitative estimate of drug-likeness (QED) is 0.583. The van der Waals surface area contributed by atoms with Crippen molar-refractivity contribution in [2.75, 3.05) is 5.32 Å². The van der Waals surface area contributed by atoms with Crippen molar-refractivity contribution in [1.82, 2.24) is 19.4 Å². The second kappa shape index (κ2) is 7.35. The zero-order valence-corrected chi connectivity index (χ0v) is 16.5. The maximum atomic E-state index is 12.8. The van der Waals surface area contributed by atoms with Crippen LogP contribution in [0.3, 0.4) is 0 Å². The number of para-hydroxylation sites is 1. The molecular formula is C22H21N5O2. The summed E-state index contributed by atoms with van der Waals surface area (Å²) in [6.07, 6.45) is 1.45. The van der Waals surface area contributed by atoms with Crippen LogP contribution < -0.4 is 10.9 Å². The number of hydrogen-bond acceptors (Lipinski definition) is 4. The minimum atomic E-state index is -0.364. The van der Waals surface area contributed by atoms with Crippen molar-refractivity contribution < 1.29 is 4.79 Å². The molecule has 4 rings (SSSR count). The van der Waals surface area contributed by atoms with E-state index >= 15 is 0 Å². The van der Waals surface area contributed by atoms with Gasteiger partial charge in [-0.05, 0) is 50.1 Å². The van der Waals surface area contributed by atoms with Crippen LogP contribution in [-0.4, -0.2) is 25.3 Å². The van der Waals surface area contributed by atoms with E-state index in [4.69, 9.17) is 0 Å². The maximum absolute atomic E-state index is 12.8. The lowest BCUT2D eigenvalue weighted by Crippen LogP contribution is -2.30. The van der Waals surface area contributed by atoms with Gasteiger partial charge in [-0.15, -0.1) is 0 Å². The Morgan fingerprint density at radius 2 is 1.83 bits per heavy atom. The van der Waals surface area contributed by atoms with Crippen molar-refractivity contribution in [3.05, 3.63) is 81.9 Å². The molecule has 0 aliphatic heterocycles. The Morgan fingerprint density at radius 1 is 1.03 bits per heavy atom. The van der Waals surface area contributed by atoms with Gasteiger partial charge in [-0.25, -0.2) is 9.20 Å². The number of anilines is 1. The van der Waals surface area contributed by atoms with Crippen LogP contribution in [0.4, 0.5) is 5.69 Å². The fraction of sp³-hybridized carbons (Fsp3) is 0.182. The minimum absolute atomic E-state index is 0.173. The first-order chi connectivity index (χ1) is 13.9. The van der Waals surface area contributed by atoms with Crippen molar-refractivity contribution in [2.45, 2.75) is 27.3 Å². The number of hydrogen-bond donors (Lipinski definition) is 1. The Balaban J connectivity index is 1.64. The standard InChI is InChI=1S/C22H21N5O2/c1-14-8-9-15(2)17(10-14)19-11-20-22(29)26(23-13-27(20)25-19)12-21(28)24-18-7-5-4-6-16(18)3/h4-11,13H,12H2,1-3H3,(H,24,28). The highest BCUT2D eigenvalue weighted by Crippen LogP contribution is 2.23. The summed E-state index contributed by atoms with van der Waals surface area (Å²) in [6, 6.07) is 15.3. The SMILES string of the molecule is Cc1ccc(C)c(-c2cc3c(=O)n(CC(=O)Nc4ccccc4C)ncn3n2)c1. The smallest absolute Gasteiger partial charge is 0.293 e. The number of carbonyl (C=O) groups is 1. The number of nitrogens with one attached hydrogen (secondary N) is 1. The van der Waals surface area contributed by atoms with Gasteiger partial charge >= 0.3 is 0 Å².